The van der Waals surface area contributed by atoms with Crippen molar-refractivity contribution in [2.24, 2.45) is 0 Å². The Morgan fingerprint density at radius 2 is 2.05 bits per heavy atom. The molecule has 1 aliphatic heterocycles. The quantitative estimate of drug-likeness (QED) is 0.524. The number of hydrogen-bond donors (Lipinski definition) is 0. The van der Waals surface area contributed by atoms with E-state index in [0.29, 0.717) is 19.8 Å². The molecule has 1 heterocycles. The molecule has 5 nitrogen and oxygen atoms in total. The number of ether oxygens (including phenoxy) is 1. The van der Waals surface area contributed by atoms with Crippen LogP contribution in [0.25, 0.3) is 0 Å². The molecule has 0 saturated carbocycles. The second-order valence-electron chi connectivity index (χ2n) is 5.02. The lowest BCUT2D eigenvalue weighted by Gasteiger charge is -2.38. The number of amides is 2. The minimum Gasteiger partial charge on any atom is -0.382 e. The predicted molar refractivity (Wildman–Crippen MR) is 78.3 cm³/mol. The number of piperidine rings is 1. The summed E-state index contributed by atoms with van der Waals surface area (Å²) in [6.45, 7) is 10.7. The van der Waals surface area contributed by atoms with Crippen molar-refractivity contribution in [2.75, 3.05) is 32.8 Å². The lowest BCUT2D eigenvalue weighted by Crippen LogP contribution is -2.48. The average Bonchev–Trinajstić information content (AvgIpc) is 2.47. The van der Waals surface area contributed by atoms with Crippen molar-refractivity contribution in [3.05, 3.63) is 12.7 Å². The Morgan fingerprint density at radius 3 is 2.55 bits per heavy atom. The van der Waals surface area contributed by atoms with Crippen LogP contribution in [-0.2, 0) is 14.3 Å². The van der Waals surface area contributed by atoms with Gasteiger partial charge in [-0.25, -0.2) is 0 Å². The molecule has 20 heavy (non-hydrogen) atoms. The molecule has 5 heteroatoms. The molecule has 0 radical (unpaired) electrons. The van der Waals surface area contributed by atoms with Gasteiger partial charge in [-0.1, -0.05) is 6.58 Å². The summed E-state index contributed by atoms with van der Waals surface area (Å²) in [6, 6.07) is 0.206. The Kier molecular flexibility index (Phi) is 7.30. The zero-order valence-corrected chi connectivity index (χ0v) is 12.6. The molecule has 1 saturated heterocycles. The second kappa shape index (κ2) is 8.74. The molecule has 0 unspecified atom stereocenters. The highest BCUT2D eigenvalue weighted by Gasteiger charge is 2.27. The Labute approximate surface area is 121 Å². The highest BCUT2D eigenvalue weighted by molar-refractivity contribution is 5.87. The molecule has 0 N–H and O–H groups in total. The summed E-state index contributed by atoms with van der Waals surface area (Å²) in [5, 5.41) is 0. The summed E-state index contributed by atoms with van der Waals surface area (Å²) in [4.78, 5) is 27.0. The third-order valence-electron chi connectivity index (χ3n) is 3.70. The SMILES string of the molecule is C=CC(=O)N(CCCOCC)C1CCN(C(C)=O)CC1. The van der Waals surface area contributed by atoms with E-state index in [9.17, 15) is 9.59 Å². The first kappa shape index (κ1) is 16.7. The molecule has 0 bridgehead atoms. The maximum absolute atomic E-state index is 12.0. The van der Waals surface area contributed by atoms with Crippen LogP contribution in [0.1, 0.15) is 33.1 Å². The molecule has 114 valence electrons. The van der Waals surface area contributed by atoms with Crippen LogP contribution in [0.4, 0.5) is 0 Å². The molecule has 0 spiro atoms. The zero-order chi connectivity index (χ0) is 15.0. The first-order valence-corrected chi connectivity index (χ1v) is 7.36. The molecule has 1 fully saturated rings. The van der Waals surface area contributed by atoms with E-state index in [1.807, 2.05) is 16.7 Å². The van der Waals surface area contributed by atoms with Crippen molar-refractivity contribution in [3.63, 3.8) is 0 Å². The van der Waals surface area contributed by atoms with Crippen molar-refractivity contribution < 1.29 is 14.3 Å². The van der Waals surface area contributed by atoms with Gasteiger partial charge in [0.05, 0.1) is 0 Å². The highest BCUT2D eigenvalue weighted by atomic mass is 16.5. The second-order valence-corrected chi connectivity index (χ2v) is 5.02. The van der Waals surface area contributed by atoms with Gasteiger partial charge in [-0.15, -0.1) is 0 Å². The number of hydrogen-bond acceptors (Lipinski definition) is 3. The summed E-state index contributed by atoms with van der Waals surface area (Å²) < 4.78 is 5.32. The fraction of sp³-hybridized carbons (Fsp3) is 0.733. The lowest BCUT2D eigenvalue weighted by molar-refractivity contribution is -0.132. The van der Waals surface area contributed by atoms with Crippen LogP contribution < -0.4 is 0 Å². The van der Waals surface area contributed by atoms with E-state index in [0.717, 1.165) is 32.4 Å². The number of carbonyl (C=O) groups excluding carboxylic acids is 2. The Hall–Kier alpha value is -1.36. The van der Waals surface area contributed by atoms with Crippen LogP contribution in [0.3, 0.4) is 0 Å². The van der Waals surface area contributed by atoms with Crippen LogP contribution in [0.15, 0.2) is 12.7 Å². The van der Waals surface area contributed by atoms with Crippen molar-refractivity contribution in [1.29, 1.82) is 0 Å². The van der Waals surface area contributed by atoms with E-state index < -0.39 is 0 Å². The third kappa shape index (κ3) is 4.96. The van der Waals surface area contributed by atoms with Gasteiger partial charge < -0.3 is 14.5 Å². The minimum absolute atomic E-state index is 0.0252. The number of nitrogens with zero attached hydrogens (tertiary/aromatic N) is 2. The lowest BCUT2D eigenvalue weighted by atomic mass is 10.0. The Morgan fingerprint density at radius 1 is 1.40 bits per heavy atom. The first-order chi connectivity index (χ1) is 9.60. The Balaban J connectivity index is 2.49. The summed E-state index contributed by atoms with van der Waals surface area (Å²) in [5.74, 6) is 0.0872. The fourth-order valence-corrected chi connectivity index (χ4v) is 2.56. The van der Waals surface area contributed by atoms with Crippen LogP contribution in [0.2, 0.25) is 0 Å². The van der Waals surface area contributed by atoms with E-state index in [-0.39, 0.29) is 17.9 Å². The highest BCUT2D eigenvalue weighted by Crippen LogP contribution is 2.17. The molecule has 2 amide bonds. The molecule has 1 rings (SSSR count). The molecular weight excluding hydrogens is 256 g/mol. The van der Waals surface area contributed by atoms with Gasteiger partial charge in [0.25, 0.3) is 0 Å². The van der Waals surface area contributed by atoms with Gasteiger partial charge >= 0.3 is 0 Å². The summed E-state index contributed by atoms with van der Waals surface area (Å²) in [5.41, 5.74) is 0. The summed E-state index contributed by atoms with van der Waals surface area (Å²) >= 11 is 0. The predicted octanol–water partition coefficient (Wildman–Crippen LogP) is 1.44. The van der Waals surface area contributed by atoms with Gasteiger partial charge in [0.2, 0.25) is 11.8 Å². The third-order valence-corrected chi connectivity index (χ3v) is 3.70. The van der Waals surface area contributed by atoms with E-state index in [1.165, 1.54) is 6.08 Å². The fourth-order valence-electron chi connectivity index (χ4n) is 2.56. The van der Waals surface area contributed by atoms with Crippen molar-refractivity contribution >= 4 is 11.8 Å². The summed E-state index contributed by atoms with van der Waals surface area (Å²) in [7, 11) is 0. The average molecular weight is 282 g/mol. The first-order valence-electron chi connectivity index (χ1n) is 7.36. The molecule has 0 aromatic rings. The molecule has 0 aromatic heterocycles. The van der Waals surface area contributed by atoms with E-state index >= 15 is 0 Å². The van der Waals surface area contributed by atoms with Gasteiger partial charge in [0, 0.05) is 45.8 Å². The van der Waals surface area contributed by atoms with Crippen LogP contribution in [0, 0.1) is 0 Å². The maximum Gasteiger partial charge on any atom is 0.246 e. The van der Waals surface area contributed by atoms with Crippen LogP contribution >= 0.6 is 0 Å². The monoisotopic (exact) mass is 282 g/mol. The molecule has 0 aromatic carbocycles. The normalized spacial score (nSPS) is 16.0. The largest absolute Gasteiger partial charge is 0.382 e. The smallest absolute Gasteiger partial charge is 0.246 e. The molecule has 0 atom stereocenters. The van der Waals surface area contributed by atoms with Crippen molar-refractivity contribution in [1.82, 2.24) is 9.80 Å². The topological polar surface area (TPSA) is 49.9 Å². The molecular formula is C15H26N2O3. The van der Waals surface area contributed by atoms with Crippen molar-refractivity contribution in [2.45, 2.75) is 39.2 Å². The van der Waals surface area contributed by atoms with Gasteiger partial charge in [0.1, 0.15) is 0 Å². The zero-order valence-electron chi connectivity index (χ0n) is 12.6. The molecule has 0 aliphatic carbocycles. The van der Waals surface area contributed by atoms with Gasteiger partial charge in [0.15, 0.2) is 0 Å². The van der Waals surface area contributed by atoms with E-state index in [4.69, 9.17) is 4.74 Å². The van der Waals surface area contributed by atoms with Gasteiger partial charge in [-0.05, 0) is 32.3 Å². The number of rotatable bonds is 7. The van der Waals surface area contributed by atoms with E-state index in [1.54, 1.807) is 6.92 Å². The van der Waals surface area contributed by atoms with Gasteiger partial charge in [-0.2, -0.15) is 0 Å². The van der Waals surface area contributed by atoms with Gasteiger partial charge in [-0.3, -0.25) is 9.59 Å². The minimum atomic E-state index is -0.0252. The Bertz CT molecular complexity index is 336. The number of likely N-dealkylation sites (tertiary alicyclic amines) is 1. The maximum atomic E-state index is 12.0. The van der Waals surface area contributed by atoms with Crippen LogP contribution in [0.5, 0.6) is 0 Å². The summed E-state index contributed by atoms with van der Waals surface area (Å²) in [6.07, 6.45) is 3.89. The molecule has 1 aliphatic rings. The number of carbonyl (C=O) groups is 2. The van der Waals surface area contributed by atoms with E-state index in [2.05, 4.69) is 6.58 Å². The van der Waals surface area contributed by atoms with Crippen LogP contribution in [-0.4, -0.2) is 60.5 Å². The standard InChI is InChI=1S/C15H26N2O3/c1-4-15(19)17(9-6-12-20-5-2)14-7-10-16(11-8-14)13(3)18/h4,14H,1,5-12H2,2-3H3. The van der Waals surface area contributed by atoms with Crippen molar-refractivity contribution in [3.8, 4) is 0 Å².